The summed E-state index contributed by atoms with van der Waals surface area (Å²) < 4.78 is 34.5. The molecule has 3 aliphatic rings. The lowest BCUT2D eigenvalue weighted by Crippen LogP contribution is -2.66. The predicted octanol–water partition coefficient (Wildman–Crippen LogP) is 17.4. The molecule has 0 aromatic heterocycles. The van der Waals surface area contributed by atoms with Crippen LogP contribution >= 0.6 is 0 Å². The van der Waals surface area contributed by atoms with E-state index in [-0.39, 0.29) is 18.9 Å². The highest BCUT2D eigenvalue weighted by atomic mass is 16.8. The van der Waals surface area contributed by atoms with Crippen LogP contribution in [-0.4, -0.2) is 193 Å². The zero-order valence-corrected chi connectivity index (χ0v) is 69.3. The third-order valence-electron chi connectivity index (χ3n) is 22.9. The van der Waals surface area contributed by atoms with E-state index in [0.29, 0.717) is 12.8 Å². The van der Waals surface area contributed by atoms with Gasteiger partial charge in [-0.2, -0.15) is 0 Å². The first-order chi connectivity index (χ1) is 53.3. The molecule has 1 amide bonds. The van der Waals surface area contributed by atoms with Crippen molar-refractivity contribution in [2.24, 2.45) is 0 Å². The quantitative estimate of drug-likeness (QED) is 0.0199. The van der Waals surface area contributed by atoms with Crippen molar-refractivity contribution < 1.29 is 89.4 Å². The number of nitrogens with one attached hydrogen (secondary N) is 1. The maximum absolute atomic E-state index is 13.5. The molecule has 0 aromatic rings. The molecular weight excluding hydrogens is 1380 g/mol. The minimum atomic E-state index is -1.98. The Morgan fingerprint density at radius 1 is 0.321 bits per heavy atom. The summed E-state index contributed by atoms with van der Waals surface area (Å²) >= 11 is 0. The van der Waals surface area contributed by atoms with E-state index in [9.17, 15) is 61.0 Å². The summed E-state index contributed by atoms with van der Waals surface area (Å²) in [7, 11) is 0. The topological polar surface area (TPSA) is 307 Å². The number of allylic oxidation sites excluding steroid dienone is 5. The fourth-order valence-electron chi connectivity index (χ4n) is 15.6. The maximum Gasteiger partial charge on any atom is 0.220 e. The van der Waals surface area contributed by atoms with Gasteiger partial charge in [0.05, 0.1) is 38.6 Å². The molecule has 642 valence electrons. The van der Waals surface area contributed by atoms with Gasteiger partial charge in [0.25, 0.3) is 0 Å². The molecule has 12 N–H and O–H groups in total. The summed E-state index contributed by atoms with van der Waals surface area (Å²) in [6.07, 6.45) is 63.3. The van der Waals surface area contributed by atoms with Gasteiger partial charge in [0.15, 0.2) is 18.9 Å². The number of rotatable bonds is 75. The van der Waals surface area contributed by atoms with Crippen LogP contribution in [0.5, 0.6) is 0 Å². The maximum atomic E-state index is 13.5. The predicted molar refractivity (Wildman–Crippen MR) is 439 cm³/mol. The van der Waals surface area contributed by atoms with Gasteiger partial charge in [-0.3, -0.25) is 4.79 Å². The molecule has 3 heterocycles. The molecule has 17 atom stereocenters. The Balaban J connectivity index is 1.29. The number of carbonyl (C=O) groups excluding carboxylic acids is 1. The molecule has 0 spiro atoms. The number of carbonyl (C=O) groups is 1. The summed E-state index contributed by atoms with van der Waals surface area (Å²) in [5.41, 5.74) is 0. The molecular formula is C90H169NO18. The molecule has 109 heavy (non-hydrogen) atoms. The highest BCUT2D eigenvalue weighted by molar-refractivity contribution is 5.76. The van der Waals surface area contributed by atoms with Crippen LogP contribution in [-0.2, 0) is 33.2 Å². The molecule has 3 aliphatic heterocycles. The average molecular weight is 1550 g/mol. The molecule has 0 aliphatic carbocycles. The Kier molecular flexibility index (Phi) is 65.2. The molecule has 3 saturated heterocycles. The first kappa shape index (κ1) is 101. The number of unbranched alkanes of at least 4 members (excludes halogenated alkanes) is 55. The van der Waals surface area contributed by atoms with Crippen LogP contribution in [0.3, 0.4) is 0 Å². The second-order valence-corrected chi connectivity index (χ2v) is 32.8. The van der Waals surface area contributed by atoms with Crippen LogP contribution in [0.15, 0.2) is 36.5 Å². The van der Waals surface area contributed by atoms with Crippen molar-refractivity contribution in [2.75, 3.05) is 26.4 Å². The van der Waals surface area contributed by atoms with Crippen LogP contribution in [0.25, 0.3) is 0 Å². The van der Waals surface area contributed by atoms with Gasteiger partial charge in [0, 0.05) is 6.42 Å². The van der Waals surface area contributed by atoms with Crippen molar-refractivity contribution in [3.8, 4) is 0 Å². The van der Waals surface area contributed by atoms with Crippen molar-refractivity contribution in [3.05, 3.63) is 36.5 Å². The second kappa shape index (κ2) is 70.2. The van der Waals surface area contributed by atoms with E-state index in [1.54, 1.807) is 6.08 Å². The summed E-state index contributed by atoms with van der Waals surface area (Å²) in [5, 5.41) is 121. The van der Waals surface area contributed by atoms with Crippen molar-refractivity contribution in [1.29, 1.82) is 0 Å². The minimum Gasteiger partial charge on any atom is -0.394 e. The SMILES string of the molecule is CCCCCCCCCCCCCCC/C=C/CC/C=C/CC/C=C/C(O)C(COC1OC(CO)C(OC2OC(CO)C(OC3OC(CO)C(O)C(O)C3O)C(O)C2O)C(O)C1O)NC(=O)CCCCCCCCCCCCCCCCCCCCCCCCCCCCCCCCCCCCCCCCCCC. The lowest BCUT2D eigenvalue weighted by molar-refractivity contribution is -0.379. The number of ether oxygens (including phenoxy) is 6. The highest BCUT2D eigenvalue weighted by Gasteiger charge is 2.54. The van der Waals surface area contributed by atoms with E-state index in [1.807, 2.05) is 6.08 Å². The molecule has 0 bridgehead atoms. The molecule has 3 rings (SSSR count). The van der Waals surface area contributed by atoms with E-state index < -0.39 is 124 Å². The lowest BCUT2D eigenvalue weighted by atomic mass is 9.96. The molecule has 0 radical (unpaired) electrons. The van der Waals surface area contributed by atoms with Crippen molar-refractivity contribution in [2.45, 2.75) is 503 Å². The summed E-state index contributed by atoms with van der Waals surface area (Å²) in [6, 6.07) is -0.997. The van der Waals surface area contributed by atoms with Gasteiger partial charge in [-0.05, 0) is 44.9 Å². The Morgan fingerprint density at radius 3 is 0.917 bits per heavy atom. The van der Waals surface area contributed by atoms with Crippen molar-refractivity contribution in [1.82, 2.24) is 5.32 Å². The molecule has 0 aromatic carbocycles. The van der Waals surface area contributed by atoms with Gasteiger partial charge in [0.2, 0.25) is 5.91 Å². The van der Waals surface area contributed by atoms with E-state index in [0.717, 1.165) is 44.9 Å². The number of aliphatic hydroxyl groups is 11. The van der Waals surface area contributed by atoms with Gasteiger partial charge in [-0.15, -0.1) is 0 Å². The molecule has 3 fully saturated rings. The van der Waals surface area contributed by atoms with E-state index in [2.05, 4.69) is 43.5 Å². The zero-order chi connectivity index (χ0) is 78.8. The minimum absolute atomic E-state index is 0.237. The lowest BCUT2D eigenvalue weighted by Gasteiger charge is -2.48. The average Bonchev–Trinajstić information content (AvgIpc) is 0.771. The van der Waals surface area contributed by atoms with E-state index in [1.165, 1.54) is 321 Å². The van der Waals surface area contributed by atoms with Gasteiger partial charge in [-0.25, -0.2) is 0 Å². The van der Waals surface area contributed by atoms with Crippen LogP contribution in [0.4, 0.5) is 0 Å². The third-order valence-corrected chi connectivity index (χ3v) is 22.9. The first-order valence-electron chi connectivity index (χ1n) is 45.7. The Labute approximate surface area is 663 Å². The van der Waals surface area contributed by atoms with Gasteiger partial charge >= 0.3 is 0 Å². The van der Waals surface area contributed by atoms with Crippen molar-refractivity contribution >= 4 is 5.91 Å². The Bertz CT molecular complexity index is 2100. The van der Waals surface area contributed by atoms with E-state index in [4.69, 9.17) is 28.4 Å². The first-order valence-corrected chi connectivity index (χ1v) is 45.7. The number of hydrogen-bond donors (Lipinski definition) is 12. The zero-order valence-electron chi connectivity index (χ0n) is 69.3. The third kappa shape index (κ3) is 49.0. The molecule has 19 heteroatoms. The second-order valence-electron chi connectivity index (χ2n) is 32.8. The number of hydrogen-bond acceptors (Lipinski definition) is 18. The summed E-state index contributed by atoms with van der Waals surface area (Å²) in [6.45, 7) is 1.77. The van der Waals surface area contributed by atoms with Crippen LogP contribution in [0.1, 0.15) is 399 Å². The van der Waals surface area contributed by atoms with Crippen molar-refractivity contribution in [3.63, 3.8) is 0 Å². The fourth-order valence-corrected chi connectivity index (χ4v) is 15.6. The molecule has 0 saturated carbocycles. The Hall–Kier alpha value is -1.99. The van der Waals surface area contributed by atoms with Crippen LogP contribution < -0.4 is 5.32 Å². The Morgan fingerprint density at radius 2 is 0.587 bits per heavy atom. The van der Waals surface area contributed by atoms with E-state index >= 15 is 0 Å². The van der Waals surface area contributed by atoms with Gasteiger partial charge in [-0.1, -0.05) is 384 Å². The fraction of sp³-hybridized carbons (Fsp3) is 0.922. The molecule has 17 unspecified atom stereocenters. The number of amides is 1. The number of aliphatic hydroxyl groups excluding tert-OH is 11. The van der Waals surface area contributed by atoms with Gasteiger partial charge in [0.1, 0.15) is 73.2 Å². The highest BCUT2D eigenvalue weighted by Crippen LogP contribution is 2.34. The monoisotopic (exact) mass is 1550 g/mol. The summed E-state index contributed by atoms with van der Waals surface area (Å²) in [4.78, 5) is 13.5. The van der Waals surface area contributed by atoms with Gasteiger partial charge < -0.3 is 89.9 Å². The molecule has 19 nitrogen and oxygen atoms in total. The summed E-state index contributed by atoms with van der Waals surface area (Å²) in [5.74, 6) is -0.281. The standard InChI is InChI=1S/C90H169NO18/c1-3-5-7-9-11-13-15-17-19-21-23-25-27-28-29-30-31-32-33-34-35-36-37-38-39-40-41-42-43-44-46-48-50-52-54-56-58-60-62-64-66-68-78(96)91-73(74(95)67-65-63-61-59-57-55-53-51-49-47-45-26-24-22-20-18-16-14-12-10-8-6-4-2)72-104-88-84(102)81(99)86(76(70-93)106-88)109-90-85(103)82(100)87(77(71-94)107-90)108-89-83(101)80(98)79(97)75(69-92)105-89/h49,51,57,59,65,67,73-77,79-90,92-95,97-103H,3-48,50,52-56,58,60-64,66,68-72H2,1-2H3,(H,91,96)/b51-49+,59-57+,67-65+. The normalized spacial score (nSPS) is 25.4. The van der Waals surface area contributed by atoms with Crippen LogP contribution in [0, 0.1) is 0 Å². The smallest absolute Gasteiger partial charge is 0.220 e. The van der Waals surface area contributed by atoms with Crippen LogP contribution in [0.2, 0.25) is 0 Å². The largest absolute Gasteiger partial charge is 0.394 e.